The highest BCUT2D eigenvalue weighted by molar-refractivity contribution is 6.30. The van der Waals surface area contributed by atoms with Crippen LogP contribution in [0.15, 0.2) is 42.4 Å². The molecule has 1 saturated heterocycles. The Morgan fingerprint density at radius 2 is 2.00 bits per heavy atom. The van der Waals surface area contributed by atoms with Gasteiger partial charge >= 0.3 is 5.92 Å². The minimum Gasteiger partial charge on any atom is -0.322 e. The third kappa shape index (κ3) is 4.14. The first-order valence-corrected chi connectivity index (χ1v) is 10.0. The maximum Gasteiger partial charge on any atom is 0.330 e. The molecule has 0 aromatic heterocycles. The number of nitrogens with zero attached hydrogens (tertiary/aromatic N) is 1. The number of imide groups is 1. The van der Waals surface area contributed by atoms with Crippen molar-refractivity contribution < 1.29 is 33.4 Å². The molecule has 6 nitrogen and oxygen atoms in total. The van der Waals surface area contributed by atoms with Gasteiger partial charge in [0.25, 0.3) is 5.91 Å². The lowest BCUT2D eigenvalue weighted by Gasteiger charge is -2.29. The fourth-order valence-corrected chi connectivity index (χ4v) is 3.63. The van der Waals surface area contributed by atoms with Crippen molar-refractivity contribution in [2.45, 2.75) is 44.1 Å². The van der Waals surface area contributed by atoms with Crippen LogP contribution < -0.4 is 5.32 Å². The minimum atomic E-state index is -3.91. The summed E-state index contributed by atoms with van der Waals surface area (Å²) in [5.41, 5.74) is -1.35. The van der Waals surface area contributed by atoms with Crippen LogP contribution in [0.1, 0.15) is 51.8 Å². The Morgan fingerprint density at radius 1 is 1.28 bits per heavy atom. The molecule has 166 valence electrons. The van der Waals surface area contributed by atoms with E-state index in [9.17, 15) is 28.0 Å². The van der Waals surface area contributed by atoms with Gasteiger partial charge in [0.1, 0.15) is 6.04 Å². The molecule has 0 aliphatic carbocycles. The molecule has 32 heavy (non-hydrogen) atoms. The molecule has 9 heteroatoms. The van der Waals surface area contributed by atoms with E-state index in [4.69, 9.17) is 17.1 Å². The van der Waals surface area contributed by atoms with E-state index in [0.29, 0.717) is 4.90 Å². The molecule has 2 aromatic rings. The normalized spacial score (nSPS) is 22.9. The first-order valence-electron chi connectivity index (χ1n) is 11.7. The Balaban J connectivity index is 1.62. The second kappa shape index (κ2) is 8.43. The SMILES string of the molecule is [2H]c1cc(C([2H])CC(=O)C(F)(F)c2ccc(Cl)cc2)cc2c1C(=O)N(C1CCC(=O)NC1=O)C2([2H])[2H]. The van der Waals surface area contributed by atoms with Crippen molar-refractivity contribution in [3.63, 3.8) is 0 Å². The van der Waals surface area contributed by atoms with Crippen LogP contribution in [0, 0.1) is 0 Å². The second-order valence-corrected chi connectivity index (χ2v) is 7.82. The summed E-state index contributed by atoms with van der Waals surface area (Å²) >= 11 is 5.70. The van der Waals surface area contributed by atoms with Crippen molar-refractivity contribution in [3.05, 3.63) is 69.7 Å². The van der Waals surface area contributed by atoms with Crippen LogP contribution in [-0.4, -0.2) is 34.4 Å². The van der Waals surface area contributed by atoms with E-state index >= 15 is 0 Å². The van der Waals surface area contributed by atoms with Crippen molar-refractivity contribution in [2.75, 3.05) is 0 Å². The van der Waals surface area contributed by atoms with Gasteiger partial charge in [0.15, 0.2) is 0 Å². The van der Waals surface area contributed by atoms with Crippen molar-refractivity contribution in [1.29, 1.82) is 0 Å². The number of piperidine rings is 1. The fraction of sp³-hybridized carbons (Fsp3) is 0.304. The zero-order chi connectivity index (χ0) is 26.6. The highest BCUT2D eigenvalue weighted by Gasteiger charge is 2.41. The minimum absolute atomic E-state index is 0.107. The van der Waals surface area contributed by atoms with Gasteiger partial charge in [-0.25, -0.2) is 0 Å². The molecule has 2 heterocycles. The van der Waals surface area contributed by atoms with Gasteiger partial charge in [0.2, 0.25) is 17.6 Å². The number of aryl methyl sites for hydroxylation is 1. The van der Waals surface area contributed by atoms with E-state index in [1.165, 1.54) is 12.1 Å². The number of rotatable bonds is 6. The number of halogens is 3. The molecule has 2 aliphatic rings. The van der Waals surface area contributed by atoms with E-state index in [2.05, 4.69) is 5.32 Å². The van der Waals surface area contributed by atoms with Crippen LogP contribution >= 0.6 is 11.6 Å². The predicted octanol–water partition coefficient (Wildman–Crippen LogP) is 3.39. The molecule has 2 unspecified atom stereocenters. The molecule has 0 bridgehead atoms. The number of hydrogen-bond acceptors (Lipinski definition) is 4. The van der Waals surface area contributed by atoms with Crippen LogP contribution in [0.5, 0.6) is 0 Å². The largest absolute Gasteiger partial charge is 0.330 e. The number of amides is 3. The predicted molar refractivity (Wildman–Crippen MR) is 111 cm³/mol. The molecule has 3 amide bonds. The molecule has 2 aliphatic heterocycles. The smallest absolute Gasteiger partial charge is 0.322 e. The molecule has 0 spiro atoms. The Kier molecular flexibility index (Phi) is 4.59. The topological polar surface area (TPSA) is 83.6 Å². The van der Waals surface area contributed by atoms with Crippen molar-refractivity contribution in [3.8, 4) is 0 Å². The Bertz CT molecular complexity index is 1290. The van der Waals surface area contributed by atoms with Crippen LogP contribution in [0.2, 0.25) is 5.02 Å². The number of carbonyl (C=O) groups is 4. The van der Waals surface area contributed by atoms with Gasteiger partial charge in [-0.05, 0) is 42.1 Å². The van der Waals surface area contributed by atoms with Gasteiger partial charge in [-0.2, -0.15) is 8.78 Å². The molecule has 0 saturated carbocycles. The van der Waals surface area contributed by atoms with E-state index in [-0.39, 0.29) is 34.6 Å². The van der Waals surface area contributed by atoms with Gasteiger partial charge in [-0.15, -0.1) is 0 Å². The number of fused-ring (bicyclic) bond motifs is 1. The Morgan fingerprint density at radius 3 is 2.69 bits per heavy atom. The molecule has 2 atom stereocenters. The van der Waals surface area contributed by atoms with E-state index in [1.54, 1.807) is 0 Å². The summed E-state index contributed by atoms with van der Waals surface area (Å²) in [4.78, 5) is 49.8. The summed E-state index contributed by atoms with van der Waals surface area (Å²) in [5, 5.41) is 2.26. The third-order valence-corrected chi connectivity index (χ3v) is 5.49. The maximum atomic E-state index is 14.7. The number of benzene rings is 2. The number of hydrogen-bond donors (Lipinski definition) is 1. The van der Waals surface area contributed by atoms with Crippen LogP contribution in [0.4, 0.5) is 8.78 Å². The number of carbonyl (C=O) groups excluding carboxylic acids is 4. The summed E-state index contributed by atoms with van der Waals surface area (Å²) < 4.78 is 62.9. The average Bonchev–Trinajstić information content (AvgIpc) is 2.99. The van der Waals surface area contributed by atoms with Crippen molar-refractivity contribution in [1.82, 2.24) is 10.2 Å². The second-order valence-electron chi connectivity index (χ2n) is 7.39. The van der Waals surface area contributed by atoms with Crippen molar-refractivity contribution >= 4 is 35.1 Å². The van der Waals surface area contributed by atoms with Gasteiger partial charge in [0, 0.05) is 36.9 Å². The molecule has 1 fully saturated rings. The molecule has 1 N–H and O–H groups in total. The lowest BCUT2D eigenvalue weighted by atomic mass is 9.97. The van der Waals surface area contributed by atoms with E-state index in [0.717, 1.165) is 24.3 Å². The summed E-state index contributed by atoms with van der Waals surface area (Å²) in [6, 6.07) is 4.77. The zero-order valence-electron chi connectivity index (χ0n) is 20.5. The highest BCUT2D eigenvalue weighted by atomic mass is 35.5. The maximum absolute atomic E-state index is 14.7. The number of alkyl halides is 2. The molecule has 0 radical (unpaired) electrons. The number of Topliss-reactive ketones (excluding diaryl/α,β-unsaturated/α-hetero) is 1. The first-order chi connectivity index (χ1) is 16.7. The number of nitrogens with one attached hydrogen (secondary N) is 1. The Hall–Kier alpha value is -3.13. The lowest BCUT2D eigenvalue weighted by molar-refractivity contribution is -0.144. The quantitative estimate of drug-likeness (QED) is 0.664. The molecule has 4 rings (SSSR count). The molecular weight excluding hydrogens is 442 g/mol. The van der Waals surface area contributed by atoms with Crippen LogP contribution in [0.25, 0.3) is 0 Å². The van der Waals surface area contributed by atoms with Gasteiger partial charge < -0.3 is 4.90 Å². The third-order valence-electron chi connectivity index (χ3n) is 5.24. The molecule has 2 aromatic carbocycles. The first kappa shape index (κ1) is 17.4. The van der Waals surface area contributed by atoms with E-state index < -0.39 is 66.4 Å². The monoisotopic (exact) mass is 464 g/mol. The van der Waals surface area contributed by atoms with Crippen molar-refractivity contribution in [2.24, 2.45) is 0 Å². The summed E-state index contributed by atoms with van der Waals surface area (Å²) in [5.74, 6) is -7.80. The van der Waals surface area contributed by atoms with Crippen LogP contribution in [-0.2, 0) is 33.2 Å². The summed E-state index contributed by atoms with van der Waals surface area (Å²) in [7, 11) is 0. The van der Waals surface area contributed by atoms with Gasteiger partial charge in [-0.1, -0.05) is 35.9 Å². The average molecular weight is 465 g/mol. The summed E-state index contributed by atoms with van der Waals surface area (Å²) in [6.07, 6.45) is -2.74. The number of ketones is 1. The summed E-state index contributed by atoms with van der Waals surface area (Å²) in [6.45, 7) is -2.59. The highest BCUT2D eigenvalue weighted by Crippen LogP contribution is 2.32. The Labute approximate surface area is 193 Å². The van der Waals surface area contributed by atoms with Crippen LogP contribution in [0.3, 0.4) is 0 Å². The van der Waals surface area contributed by atoms with Gasteiger partial charge in [-0.3, -0.25) is 24.5 Å². The van der Waals surface area contributed by atoms with E-state index in [1.807, 2.05) is 0 Å². The standard InChI is InChI=1S/C23H19ClF2N2O4/c24-16-5-3-15(4-6-16)23(25,26)19(29)9-2-13-1-7-17-14(11-13)12-28(22(17)32)18-8-10-20(30)27-21(18)31/h1,3-7,11,18H,2,8-10,12H2,(H,27,30,31)/i2D,7D,12D2. The fourth-order valence-electron chi connectivity index (χ4n) is 3.50. The zero-order valence-corrected chi connectivity index (χ0v) is 17.2. The van der Waals surface area contributed by atoms with Gasteiger partial charge in [0.05, 0.1) is 4.11 Å². The molecular formula is C23H19ClF2N2O4. The lowest BCUT2D eigenvalue weighted by Crippen LogP contribution is -2.52.